The van der Waals surface area contributed by atoms with Gasteiger partial charge in [0.25, 0.3) is 0 Å². The van der Waals surface area contributed by atoms with Gasteiger partial charge in [-0.1, -0.05) is 0 Å². The van der Waals surface area contributed by atoms with E-state index in [1.165, 1.54) is 4.88 Å². The molecule has 1 N–H and O–H groups in total. The number of nitrogens with one attached hydrogen (secondary N) is 1. The third kappa shape index (κ3) is 3.14. The Kier molecular flexibility index (Phi) is 4.19. The van der Waals surface area contributed by atoms with Crippen LogP contribution in [-0.2, 0) is 6.54 Å². The zero-order valence-corrected chi connectivity index (χ0v) is 10.9. The first-order valence-corrected chi connectivity index (χ1v) is 5.84. The fourth-order valence-electron chi connectivity index (χ4n) is 0.715. The summed E-state index contributed by atoms with van der Waals surface area (Å²) in [5.41, 5.74) is 3.20. The van der Waals surface area contributed by atoms with Crippen molar-refractivity contribution >= 4 is 43.2 Å². The van der Waals surface area contributed by atoms with Gasteiger partial charge in [0, 0.05) is 30.0 Å². The van der Waals surface area contributed by atoms with E-state index in [2.05, 4.69) is 43.4 Å². The normalized spacial score (nSPS) is 11.1. The van der Waals surface area contributed by atoms with E-state index >= 15 is 0 Å². The molecule has 0 aliphatic heterocycles. The van der Waals surface area contributed by atoms with Crippen molar-refractivity contribution < 1.29 is 0 Å². The van der Waals surface area contributed by atoms with Crippen LogP contribution in [0, 0.1) is 0 Å². The zero-order valence-electron chi connectivity index (χ0n) is 6.90. The van der Waals surface area contributed by atoms with E-state index in [9.17, 15) is 0 Å². The van der Waals surface area contributed by atoms with Gasteiger partial charge in [0.1, 0.15) is 0 Å². The second kappa shape index (κ2) is 4.72. The molecule has 1 heterocycles. The number of nitrogens with zero attached hydrogens (tertiary/aromatic N) is 1. The molecule has 0 fully saturated rings. The highest BCUT2D eigenvalue weighted by Crippen LogP contribution is 2.32. The van der Waals surface area contributed by atoms with Gasteiger partial charge in [-0.15, -0.1) is 11.3 Å². The van der Waals surface area contributed by atoms with Gasteiger partial charge in [0.15, 0.2) is 0 Å². The van der Waals surface area contributed by atoms with Crippen molar-refractivity contribution in [2.24, 2.45) is 0 Å². The first-order valence-electron chi connectivity index (χ1n) is 3.44. The maximum atomic E-state index is 3.45. The van der Waals surface area contributed by atoms with E-state index in [1.54, 1.807) is 11.3 Å². The molecule has 0 aliphatic carbocycles. The molecule has 0 bridgehead atoms. The molecule has 0 aromatic carbocycles. The number of thiophene rings is 1. The average molecular weight is 314 g/mol. The minimum atomic E-state index is 0.877. The maximum Gasteiger partial charge on any atom is 0.0843 e. The van der Waals surface area contributed by atoms with Crippen LogP contribution in [0.2, 0.25) is 0 Å². The second-order valence-corrected chi connectivity index (χ2v) is 5.87. The molecule has 68 valence electrons. The van der Waals surface area contributed by atoms with Crippen molar-refractivity contribution in [1.29, 1.82) is 0 Å². The Labute approximate surface area is 93.2 Å². The summed E-state index contributed by atoms with van der Waals surface area (Å²) >= 11 is 8.64. The number of halogens is 2. The van der Waals surface area contributed by atoms with Gasteiger partial charge in [0.05, 0.1) is 3.79 Å². The van der Waals surface area contributed by atoms with Crippen LogP contribution < -0.4 is 5.43 Å². The smallest absolute Gasteiger partial charge is 0.0843 e. The molecule has 0 radical (unpaired) electrons. The molecule has 1 aromatic rings. The van der Waals surface area contributed by atoms with E-state index in [4.69, 9.17) is 0 Å². The molecule has 0 aliphatic rings. The van der Waals surface area contributed by atoms with Gasteiger partial charge in [-0.3, -0.25) is 10.4 Å². The Balaban J connectivity index is 2.53. The van der Waals surface area contributed by atoms with Crippen molar-refractivity contribution in [3.8, 4) is 0 Å². The molecule has 12 heavy (non-hydrogen) atoms. The number of hydrogen-bond acceptors (Lipinski definition) is 3. The average Bonchev–Trinajstić information content (AvgIpc) is 2.28. The molecule has 0 saturated carbocycles. The van der Waals surface area contributed by atoms with Crippen LogP contribution in [-0.4, -0.2) is 19.1 Å². The zero-order chi connectivity index (χ0) is 9.14. The highest BCUT2D eigenvalue weighted by atomic mass is 79.9. The standard InChI is InChI=1S/C7H10Br2N2S/c1-11(2)10-4-5-3-6(8)7(9)12-5/h3,10H,4H2,1-2H3. The van der Waals surface area contributed by atoms with E-state index in [1.807, 2.05) is 19.1 Å². The minimum absolute atomic E-state index is 0.877. The van der Waals surface area contributed by atoms with Gasteiger partial charge in [-0.05, 0) is 37.9 Å². The lowest BCUT2D eigenvalue weighted by atomic mass is 10.5. The highest BCUT2D eigenvalue weighted by Gasteiger charge is 2.03. The van der Waals surface area contributed by atoms with E-state index < -0.39 is 0 Å². The predicted molar refractivity (Wildman–Crippen MR) is 60.2 cm³/mol. The molecule has 1 aromatic heterocycles. The Morgan fingerprint density at radius 2 is 2.17 bits per heavy atom. The third-order valence-electron chi connectivity index (χ3n) is 1.27. The molecule has 5 heteroatoms. The lowest BCUT2D eigenvalue weighted by Crippen LogP contribution is -2.29. The molecular formula is C7H10Br2N2S. The first-order chi connectivity index (χ1) is 5.59. The van der Waals surface area contributed by atoms with Crippen LogP contribution in [0.4, 0.5) is 0 Å². The SMILES string of the molecule is CN(C)NCc1cc(Br)c(Br)s1. The lowest BCUT2D eigenvalue weighted by molar-refractivity contribution is 0.287. The Morgan fingerprint density at radius 3 is 2.58 bits per heavy atom. The summed E-state index contributed by atoms with van der Waals surface area (Å²) in [4.78, 5) is 1.31. The number of rotatable bonds is 3. The summed E-state index contributed by atoms with van der Waals surface area (Å²) in [6.45, 7) is 0.877. The summed E-state index contributed by atoms with van der Waals surface area (Å²) < 4.78 is 2.28. The first kappa shape index (κ1) is 10.7. The van der Waals surface area contributed by atoms with Gasteiger partial charge in [0.2, 0.25) is 0 Å². The highest BCUT2D eigenvalue weighted by molar-refractivity contribution is 9.13. The van der Waals surface area contributed by atoms with E-state index in [-0.39, 0.29) is 0 Å². The second-order valence-electron chi connectivity index (χ2n) is 2.56. The Hall–Kier alpha value is 0.580. The molecule has 0 spiro atoms. The summed E-state index contributed by atoms with van der Waals surface area (Å²) in [7, 11) is 3.97. The van der Waals surface area contributed by atoms with Gasteiger partial charge >= 0.3 is 0 Å². The fraction of sp³-hybridized carbons (Fsp3) is 0.429. The van der Waals surface area contributed by atoms with Gasteiger partial charge < -0.3 is 0 Å². The van der Waals surface area contributed by atoms with Crippen LogP contribution in [0.5, 0.6) is 0 Å². The largest absolute Gasteiger partial charge is 0.250 e. The summed E-state index contributed by atoms with van der Waals surface area (Å²) in [5.74, 6) is 0. The third-order valence-corrected chi connectivity index (χ3v) is 4.52. The molecule has 1 rings (SSSR count). The van der Waals surface area contributed by atoms with Crippen molar-refractivity contribution in [2.45, 2.75) is 6.54 Å². The molecule has 0 atom stereocenters. The monoisotopic (exact) mass is 312 g/mol. The topological polar surface area (TPSA) is 15.3 Å². The molecular weight excluding hydrogens is 304 g/mol. The van der Waals surface area contributed by atoms with Crippen molar-refractivity contribution in [1.82, 2.24) is 10.4 Å². The van der Waals surface area contributed by atoms with Crippen LogP contribution in [0.25, 0.3) is 0 Å². The fourth-order valence-corrected chi connectivity index (χ4v) is 2.82. The summed E-state index contributed by atoms with van der Waals surface area (Å²) in [6, 6.07) is 2.12. The van der Waals surface area contributed by atoms with Crippen molar-refractivity contribution in [3.63, 3.8) is 0 Å². The lowest BCUT2D eigenvalue weighted by Gasteiger charge is -2.09. The Morgan fingerprint density at radius 1 is 1.50 bits per heavy atom. The van der Waals surface area contributed by atoms with Crippen LogP contribution in [0.1, 0.15) is 4.88 Å². The predicted octanol–water partition coefficient (Wildman–Crippen LogP) is 2.84. The molecule has 0 amide bonds. The van der Waals surface area contributed by atoms with Crippen molar-refractivity contribution in [2.75, 3.05) is 14.1 Å². The van der Waals surface area contributed by atoms with Crippen LogP contribution in [0.15, 0.2) is 14.3 Å². The number of hydrazine groups is 1. The summed E-state index contributed by atoms with van der Waals surface area (Å²) in [5, 5.41) is 1.95. The van der Waals surface area contributed by atoms with Crippen LogP contribution in [0.3, 0.4) is 0 Å². The molecule has 0 unspecified atom stereocenters. The van der Waals surface area contributed by atoms with E-state index in [0.717, 1.165) is 14.8 Å². The minimum Gasteiger partial charge on any atom is -0.250 e. The van der Waals surface area contributed by atoms with Crippen LogP contribution >= 0.6 is 43.2 Å². The quantitative estimate of drug-likeness (QED) is 0.863. The van der Waals surface area contributed by atoms with Gasteiger partial charge in [-0.25, -0.2) is 0 Å². The van der Waals surface area contributed by atoms with E-state index in [0.29, 0.717) is 0 Å². The molecule has 2 nitrogen and oxygen atoms in total. The summed E-state index contributed by atoms with van der Waals surface area (Å²) in [6.07, 6.45) is 0. The Bertz CT molecular complexity index is 240. The van der Waals surface area contributed by atoms with Crippen molar-refractivity contribution in [3.05, 3.63) is 19.2 Å². The maximum absolute atomic E-state index is 3.45. The number of hydrogen-bond donors (Lipinski definition) is 1. The van der Waals surface area contributed by atoms with Gasteiger partial charge in [-0.2, -0.15) is 0 Å². The molecule has 0 saturated heterocycles.